The Morgan fingerprint density at radius 3 is 2.44 bits per heavy atom. The Labute approximate surface area is 89.8 Å². The molecule has 6 heteroatoms. The molecule has 0 fully saturated rings. The normalized spacial score (nSPS) is 10.1. The van der Waals surface area contributed by atoms with Gasteiger partial charge in [-0.25, -0.2) is 18.0 Å². The first-order valence-corrected chi connectivity index (χ1v) is 4.41. The van der Waals surface area contributed by atoms with Gasteiger partial charge >= 0.3 is 5.97 Å². The minimum absolute atomic E-state index is 0.0135. The highest BCUT2D eigenvalue weighted by molar-refractivity contribution is 5.92. The van der Waals surface area contributed by atoms with Crippen LogP contribution in [-0.4, -0.2) is 19.7 Å². The van der Waals surface area contributed by atoms with Crippen LogP contribution >= 0.6 is 0 Å². The zero-order valence-corrected chi connectivity index (χ0v) is 8.64. The summed E-state index contributed by atoms with van der Waals surface area (Å²) in [7, 11) is 1.11. The summed E-state index contributed by atoms with van der Waals surface area (Å²) in [5.41, 5.74) is -0.747. The van der Waals surface area contributed by atoms with E-state index in [1.165, 1.54) is 6.92 Å². The van der Waals surface area contributed by atoms with Crippen molar-refractivity contribution in [3.8, 4) is 5.75 Å². The zero-order valence-electron chi connectivity index (χ0n) is 8.64. The van der Waals surface area contributed by atoms with Crippen molar-refractivity contribution in [1.29, 1.82) is 0 Å². The molecule has 16 heavy (non-hydrogen) atoms. The maximum Gasteiger partial charge on any atom is 0.345 e. The molecule has 1 aromatic rings. The van der Waals surface area contributed by atoms with Gasteiger partial charge in [-0.2, -0.15) is 0 Å². The Kier molecular flexibility index (Phi) is 3.76. The smallest absolute Gasteiger partial charge is 0.345 e. The standard InChI is InChI=1S/C10H9F3O3/c1-3-16-10(14)7-6(15-2)4-5(11)8(12)9(7)13/h4H,3H2,1-2H3. The maximum atomic E-state index is 13.3. The molecule has 3 nitrogen and oxygen atoms in total. The molecule has 0 bridgehead atoms. The van der Waals surface area contributed by atoms with Gasteiger partial charge in [-0.1, -0.05) is 0 Å². The van der Waals surface area contributed by atoms with E-state index in [9.17, 15) is 18.0 Å². The summed E-state index contributed by atoms with van der Waals surface area (Å²) in [5.74, 6) is -6.29. The highest BCUT2D eigenvalue weighted by atomic mass is 19.2. The van der Waals surface area contributed by atoms with Crippen LogP contribution < -0.4 is 4.74 Å². The fourth-order valence-corrected chi connectivity index (χ4v) is 1.13. The molecular formula is C10H9F3O3. The lowest BCUT2D eigenvalue weighted by atomic mass is 10.1. The van der Waals surface area contributed by atoms with Crippen LogP contribution in [0.25, 0.3) is 0 Å². The molecule has 0 heterocycles. The third-order valence-electron chi connectivity index (χ3n) is 1.83. The Hall–Kier alpha value is -1.72. The second kappa shape index (κ2) is 4.87. The predicted octanol–water partition coefficient (Wildman–Crippen LogP) is 2.29. The van der Waals surface area contributed by atoms with E-state index in [4.69, 9.17) is 0 Å². The van der Waals surface area contributed by atoms with Gasteiger partial charge in [-0.05, 0) is 6.92 Å². The van der Waals surface area contributed by atoms with Gasteiger partial charge in [0.05, 0.1) is 13.7 Å². The number of rotatable bonds is 3. The average molecular weight is 234 g/mol. The monoisotopic (exact) mass is 234 g/mol. The molecular weight excluding hydrogens is 225 g/mol. The quantitative estimate of drug-likeness (QED) is 0.594. The summed E-state index contributed by atoms with van der Waals surface area (Å²) in [4.78, 5) is 11.3. The minimum atomic E-state index is -1.73. The van der Waals surface area contributed by atoms with Crippen LogP contribution in [0.2, 0.25) is 0 Å². The highest BCUT2D eigenvalue weighted by Gasteiger charge is 2.25. The van der Waals surface area contributed by atoms with Gasteiger partial charge in [0, 0.05) is 6.07 Å². The van der Waals surface area contributed by atoms with Gasteiger partial charge in [0.25, 0.3) is 0 Å². The van der Waals surface area contributed by atoms with Crippen LogP contribution in [0.15, 0.2) is 6.07 Å². The molecule has 0 unspecified atom stereocenters. The molecule has 1 aromatic carbocycles. The first-order chi connectivity index (χ1) is 7.52. The number of hydrogen-bond acceptors (Lipinski definition) is 3. The molecule has 0 spiro atoms. The lowest BCUT2D eigenvalue weighted by Crippen LogP contribution is -2.11. The largest absolute Gasteiger partial charge is 0.496 e. The van der Waals surface area contributed by atoms with Crippen molar-refractivity contribution in [2.75, 3.05) is 13.7 Å². The van der Waals surface area contributed by atoms with E-state index in [1.54, 1.807) is 0 Å². The first kappa shape index (κ1) is 12.4. The van der Waals surface area contributed by atoms with Crippen LogP contribution in [0.1, 0.15) is 17.3 Å². The fourth-order valence-electron chi connectivity index (χ4n) is 1.13. The second-order valence-electron chi connectivity index (χ2n) is 2.78. The molecule has 0 aliphatic rings. The Morgan fingerprint density at radius 2 is 1.94 bits per heavy atom. The van der Waals surface area contributed by atoms with Crippen molar-refractivity contribution < 1.29 is 27.4 Å². The summed E-state index contributed by atoms with van der Waals surface area (Å²) in [6, 6.07) is 0.588. The van der Waals surface area contributed by atoms with Gasteiger partial charge in [0.1, 0.15) is 11.3 Å². The van der Waals surface area contributed by atoms with Crippen LogP contribution in [0, 0.1) is 17.5 Å². The topological polar surface area (TPSA) is 35.5 Å². The fraction of sp³-hybridized carbons (Fsp3) is 0.300. The van der Waals surface area contributed by atoms with Crippen LogP contribution in [0.4, 0.5) is 13.2 Å². The lowest BCUT2D eigenvalue weighted by Gasteiger charge is -2.09. The van der Waals surface area contributed by atoms with Crippen molar-refractivity contribution in [2.45, 2.75) is 6.92 Å². The third-order valence-corrected chi connectivity index (χ3v) is 1.83. The number of carbonyl (C=O) groups excluding carboxylic acids is 1. The van der Waals surface area contributed by atoms with E-state index in [2.05, 4.69) is 9.47 Å². The van der Waals surface area contributed by atoms with Gasteiger partial charge < -0.3 is 9.47 Å². The molecule has 0 atom stereocenters. The van der Waals surface area contributed by atoms with Crippen molar-refractivity contribution in [1.82, 2.24) is 0 Å². The number of hydrogen-bond donors (Lipinski definition) is 0. The van der Waals surface area contributed by atoms with Crippen LogP contribution in [0.5, 0.6) is 5.75 Å². The van der Waals surface area contributed by atoms with E-state index in [-0.39, 0.29) is 6.61 Å². The summed E-state index contributed by atoms with van der Waals surface area (Å²) < 4.78 is 48.1. The lowest BCUT2D eigenvalue weighted by molar-refractivity contribution is 0.0515. The molecule has 0 aliphatic carbocycles. The summed E-state index contributed by atoms with van der Waals surface area (Å²) >= 11 is 0. The Morgan fingerprint density at radius 1 is 1.31 bits per heavy atom. The number of esters is 1. The molecule has 0 saturated heterocycles. The van der Waals surface area contributed by atoms with Crippen molar-refractivity contribution in [3.05, 3.63) is 29.1 Å². The van der Waals surface area contributed by atoms with Crippen molar-refractivity contribution in [3.63, 3.8) is 0 Å². The van der Waals surface area contributed by atoms with Crippen LogP contribution in [0.3, 0.4) is 0 Å². The SMILES string of the molecule is CCOC(=O)c1c(OC)cc(F)c(F)c1F. The minimum Gasteiger partial charge on any atom is -0.496 e. The third kappa shape index (κ3) is 2.10. The summed E-state index contributed by atoms with van der Waals surface area (Å²) in [6.45, 7) is 1.49. The van der Waals surface area contributed by atoms with E-state index in [0.29, 0.717) is 6.07 Å². The number of benzene rings is 1. The molecule has 0 aliphatic heterocycles. The second-order valence-corrected chi connectivity index (χ2v) is 2.78. The summed E-state index contributed by atoms with van der Waals surface area (Å²) in [5, 5.41) is 0. The molecule has 1 rings (SSSR count). The molecule has 0 amide bonds. The molecule has 0 saturated carbocycles. The average Bonchev–Trinajstić information content (AvgIpc) is 2.25. The van der Waals surface area contributed by atoms with Gasteiger partial charge in [-0.15, -0.1) is 0 Å². The Bertz CT molecular complexity index is 418. The van der Waals surface area contributed by atoms with Gasteiger partial charge in [0.15, 0.2) is 17.5 Å². The number of carbonyl (C=O) groups is 1. The van der Waals surface area contributed by atoms with Gasteiger partial charge in [-0.3, -0.25) is 0 Å². The predicted molar refractivity (Wildman–Crippen MR) is 48.8 cm³/mol. The molecule has 0 N–H and O–H groups in total. The van der Waals surface area contributed by atoms with E-state index < -0.39 is 34.7 Å². The van der Waals surface area contributed by atoms with E-state index in [1.807, 2.05) is 0 Å². The maximum absolute atomic E-state index is 13.3. The van der Waals surface area contributed by atoms with Crippen molar-refractivity contribution in [2.24, 2.45) is 0 Å². The van der Waals surface area contributed by atoms with Gasteiger partial charge in [0.2, 0.25) is 0 Å². The first-order valence-electron chi connectivity index (χ1n) is 4.41. The Balaban J connectivity index is 3.35. The highest BCUT2D eigenvalue weighted by Crippen LogP contribution is 2.26. The number of methoxy groups -OCH3 is 1. The number of halogens is 3. The van der Waals surface area contributed by atoms with Crippen LogP contribution in [-0.2, 0) is 4.74 Å². The van der Waals surface area contributed by atoms with E-state index in [0.717, 1.165) is 7.11 Å². The van der Waals surface area contributed by atoms with Crippen molar-refractivity contribution >= 4 is 5.97 Å². The zero-order chi connectivity index (χ0) is 12.3. The van der Waals surface area contributed by atoms with E-state index >= 15 is 0 Å². The number of ether oxygens (including phenoxy) is 2. The molecule has 88 valence electrons. The summed E-state index contributed by atoms with van der Waals surface area (Å²) in [6.07, 6.45) is 0. The molecule has 0 radical (unpaired) electrons. The molecule has 0 aromatic heterocycles.